The number of pyridine rings is 2. The van der Waals surface area contributed by atoms with Gasteiger partial charge in [-0.1, -0.05) is 12.1 Å². The molecule has 6 heteroatoms. The number of ether oxygens (including phenoxy) is 1. The Hall–Kier alpha value is -2.31. The van der Waals surface area contributed by atoms with Gasteiger partial charge in [-0.2, -0.15) is 0 Å². The summed E-state index contributed by atoms with van der Waals surface area (Å²) < 4.78 is 5.58. The lowest BCUT2D eigenvalue weighted by Gasteiger charge is -2.37. The first kappa shape index (κ1) is 17.1. The van der Waals surface area contributed by atoms with Crippen molar-refractivity contribution in [3.63, 3.8) is 0 Å². The molecule has 0 aromatic carbocycles. The average Bonchev–Trinajstić information content (AvgIpc) is 3.01. The van der Waals surface area contributed by atoms with Crippen LogP contribution in [0.4, 0.5) is 5.82 Å². The molecule has 4 rings (SSSR count). The Balaban J connectivity index is 1.51. The second-order valence-corrected chi connectivity index (χ2v) is 7.26. The minimum absolute atomic E-state index is 0.0146. The van der Waals surface area contributed by atoms with Gasteiger partial charge >= 0.3 is 0 Å². The van der Waals surface area contributed by atoms with Gasteiger partial charge in [-0.25, -0.2) is 4.98 Å². The van der Waals surface area contributed by atoms with Gasteiger partial charge in [-0.15, -0.1) is 0 Å². The molecule has 1 atom stereocenters. The van der Waals surface area contributed by atoms with Crippen molar-refractivity contribution in [1.29, 1.82) is 0 Å². The summed E-state index contributed by atoms with van der Waals surface area (Å²) in [6.07, 6.45) is 7.24. The van der Waals surface area contributed by atoms with Crippen LogP contribution in [0.15, 0.2) is 48.9 Å². The highest BCUT2D eigenvalue weighted by atomic mass is 16.5. The summed E-state index contributed by atoms with van der Waals surface area (Å²) in [5.41, 5.74) is 1.17. The van der Waals surface area contributed by atoms with E-state index in [1.165, 1.54) is 5.56 Å². The molecule has 136 valence electrons. The van der Waals surface area contributed by atoms with Crippen molar-refractivity contribution < 1.29 is 9.53 Å². The molecule has 26 heavy (non-hydrogen) atoms. The fourth-order valence-electron chi connectivity index (χ4n) is 4.24. The van der Waals surface area contributed by atoms with Crippen LogP contribution < -0.4 is 5.32 Å². The highest BCUT2D eigenvalue weighted by molar-refractivity contribution is 5.92. The van der Waals surface area contributed by atoms with Gasteiger partial charge < -0.3 is 10.1 Å². The second-order valence-electron chi connectivity index (χ2n) is 7.26. The summed E-state index contributed by atoms with van der Waals surface area (Å²) >= 11 is 0. The predicted octanol–water partition coefficient (Wildman–Crippen LogP) is 2.34. The number of carbonyl (C=O) groups excluding carboxylic acids is 1. The number of likely N-dealkylation sites (tertiary alicyclic amines) is 1. The molecule has 1 unspecified atom stereocenters. The van der Waals surface area contributed by atoms with Crippen molar-refractivity contribution in [3.8, 4) is 0 Å². The minimum atomic E-state index is -0.0509. The number of rotatable bonds is 4. The lowest BCUT2D eigenvalue weighted by atomic mass is 9.72. The van der Waals surface area contributed by atoms with Gasteiger partial charge in [0.2, 0.25) is 5.91 Å². The standard InChI is InChI=1S/C20H24N4O2/c25-19(23-18-5-1-2-9-22-18)17-14-24(13-16-4-3-8-21-12-16)15-20(17)6-10-26-11-7-20/h1-5,8-9,12,17H,6-7,10-11,13-15H2,(H,22,23,25). The van der Waals surface area contributed by atoms with Crippen molar-refractivity contribution in [3.05, 3.63) is 54.5 Å². The molecule has 0 bridgehead atoms. The van der Waals surface area contributed by atoms with Crippen LogP contribution >= 0.6 is 0 Å². The van der Waals surface area contributed by atoms with E-state index in [0.29, 0.717) is 5.82 Å². The number of aromatic nitrogens is 2. The number of nitrogens with zero attached hydrogens (tertiary/aromatic N) is 3. The summed E-state index contributed by atoms with van der Waals surface area (Å²) in [7, 11) is 0. The van der Waals surface area contributed by atoms with E-state index < -0.39 is 0 Å². The molecule has 6 nitrogen and oxygen atoms in total. The Bertz CT molecular complexity index is 732. The number of anilines is 1. The Labute approximate surface area is 153 Å². The zero-order valence-electron chi connectivity index (χ0n) is 14.8. The third-order valence-corrected chi connectivity index (χ3v) is 5.57. The Morgan fingerprint density at radius 1 is 1.23 bits per heavy atom. The molecule has 1 amide bonds. The first-order valence-corrected chi connectivity index (χ1v) is 9.16. The molecule has 2 aliphatic rings. The van der Waals surface area contributed by atoms with Gasteiger partial charge in [0.05, 0.1) is 5.92 Å². The van der Waals surface area contributed by atoms with E-state index in [9.17, 15) is 4.79 Å². The number of hydrogen-bond donors (Lipinski definition) is 1. The van der Waals surface area contributed by atoms with E-state index in [0.717, 1.165) is 45.7 Å². The van der Waals surface area contributed by atoms with Gasteiger partial charge in [-0.05, 0) is 36.6 Å². The van der Waals surface area contributed by atoms with Gasteiger partial charge in [0.1, 0.15) is 5.82 Å². The molecule has 4 heterocycles. The first-order valence-electron chi connectivity index (χ1n) is 9.16. The van der Waals surface area contributed by atoms with Crippen molar-refractivity contribution >= 4 is 11.7 Å². The van der Waals surface area contributed by atoms with Gasteiger partial charge in [0.25, 0.3) is 0 Å². The molecule has 2 aromatic rings. The molecule has 2 aromatic heterocycles. The molecule has 0 aliphatic carbocycles. The van der Waals surface area contributed by atoms with Crippen molar-refractivity contribution in [2.75, 3.05) is 31.6 Å². The third-order valence-electron chi connectivity index (χ3n) is 5.57. The summed E-state index contributed by atoms with van der Waals surface area (Å²) in [4.78, 5) is 23.9. The van der Waals surface area contributed by atoms with Gasteiger partial charge in [0.15, 0.2) is 0 Å². The number of carbonyl (C=O) groups is 1. The zero-order valence-corrected chi connectivity index (χ0v) is 14.8. The Morgan fingerprint density at radius 3 is 2.85 bits per heavy atom. The van der Waals surface area contributed by atoms with Gasteiger partial charge in [0, 0.05) is 56.9 Å². The highest BCUT2D eigenvalue weighted by Crippen LogP contribution is 2.45. The van der Waals surface area contributed by atoms with Crippen LogP contribution in [0.3, 0.4) is 0 Å². The molecule has 2 fully saturated rings. The summed E-state index contributed by atoms with van der Waals surface area (Å²) in [5.74, 6) is 0.634. The predicted molar refractivity (Wildman–Crippen MR) is 98.4 cm³/mol. The molecule has 2 aliphatic heterocycles. The summed E-state index contributed by atoms with van der Waals surface area (Å²) in [6, 6.07) is 9.61. The SMILES string of the molecule is O=C(Nc1ccccn1)C1CN(Cc2cccnc2)CC12CCOCC2. The summed E-state index contributed by atoms with van der Waals surface area (Å²) in [5, 5.41) is 3.01. The third kappa shape index (κ3) is 3.61. The molecule has 0 radical (unpaired) electrons. The van der Waals surface area contributed by atoms with Crippen molar-refractivity contribution in [1.82, 2.24) is 14.9 Å². The van der Waals surface area contributed by atoms with E-state index in [1.807, 2.05) is 30.5 Å². The zero-order chi connectivity index (χ0) is 17.8. The van der Waals surface area contributed by atoms with E-state index in [1.54, 1.807) is 12.4 Å². The highest BCUT2D eigenvalue weighted by Gasteiger charge is 2.50. The lowest BCUT2D eigenvalue weighted by molar-refractivity contribution is -0.124. The van der Waals surface area contributed by atoms with Crippen LogP contribution in [-0.4, -0.2) is 47.1 Å². The fourth-order valence-corrected chi connectivity index (χ4v) is 4.24. The summed E-state index contributed by atoms with van der Waals surface area (Å²) in [6.45, 7) is 3.96. The molecule has 1 N–H and O–H groups in total. The molecule has 2 saturated heterocycles. The van der Waals surface area contributed by atoms with E-state index >= 15 is 0 Å². The maximum absolute atomic E-state index is 13.1. The molecule has 0 saturated carbocycles. The van der Waals surface area contributed by atoms with Crippen LogP contribution in [0, 0.1) is 11.3 Å². The lowest BCUT2D eigenvalue weighted by Crippen LogP contribution is -2.42. The maximum Gasteiger partial charge on any atom is 0.230 e. The van der Waals surface area contributed by atoms with Crippen LogP contribution in [-0.2, 0) is 16.1 Å². The number of nitrogens with one attached hydrogen (secondary N) is 1. The smallest absolute Gasteiger partial charge is 0.230 e. The molecular weight excluding hydrogens is 328 g/mol. The Kier molecular flexibility index (Phi) is 4.95. The van der Waals surface area contributed by atoms with E-state index in [4.69, 9.17) is 4.74 Å². The van der Waals surface area contributed by atoms with Crippen molar-refractivity contribution in [2.45, 2.75) is 19.4 Å². The van der Waals surface area contributed by atoms with Gasteiger partial charge in [-0.3, -0.25) is 14.7 Å². The second kappa shape index (κ2) is 7.51. The average molecular weight is 352 g/mol. The number of amides is 1. The van der Waals surface area contributed by atoms with Crippen molar-refractivity contribution in [2.24, 2.45) is 11.3 Å². The maximum atomic E-state index is 13.1. The number of hydrogen-bond acceptors (Lipinski definition) is 5. The topological polar surface area (TPSA) is 67.4 Å². The molecular formula is C20H24N4O2. The first-order chi connectivity index (χ1) is 12.8. The molecule has 1 spiro atoms. The quantitative estimate of drug-likeness (QED) is 0.915. The van der Waals surface area contributed by atoms with Crippen LogP contribution in [0.5, 0.6) is 0 Å². The van der Waals surface area contributed by atoms with Crippen LogP contribution in [0.2, 0.25) is 0 Å². The largest absolute Gasteiger partial charge is 0.381 e. The van der Waals surface area contributed by atoms with Crippen LogP contribution in [0.25, 0.3) is 0 Å². The fraction of sp³-hybridized carbons (Fsp3) is 0.450. The monoisotopic (exact) mass is 352 g/mol. The van der Waals surface area contributed by atoms with E-state index in [-0.39, 0.29) is 17.2 Å². The minimum Gasteiger partial charge on any atom is -0.381 e. The normalized spacial score (nSPS) is 22.4. The van der Waals surface area contributed by atoms with E-state index in [2.05, 4.69) is 26.3 Å². The van der Waals surface area contributed by atoms with Crippen LogP contribution in [0.1, 0.15) is 18.4 Å². The Morgan fingerprint density at radius 2 is 2.12 bits per heavy atom.